The molecule has 0 amide bonds. The Balaban J connectivity index is 2.58. The number of hydrogen-bond donors (Lipinski definition) is 2. The fourth-order valence-electron chi connectivity index (χ4n) is 1.69. The molecule has 0 unspecified atom stereocenters. The number of carboxylic acid groups (broad SMARTS) is 1. The van der Waals surface area contributed by atoms with E-state index in [4.69, 9.17) is 22.4 Å². The second-order valence-corrected chi connectivity index (χ2v) is 4.17. The molecule has 18 heavy (non-hydrogen) atoms. The lowest BCUT2D eigenvalue weighted by Crippen LogP contribution is -2.06. The molecule has 5 heteroatoms. The van der Waals surface area contributed by atoms with E-state index < -0.39 is 17.3 Å². The normalized spacial score (nSPS) is 10.3. The summed E-state index contributed by atoms with van der Waals surface area (Å²) < 4.78 is 13.7. The number of nitrogens with two attached hydrogens (primary N) is 1. The Morgan fingerprint density at radius 3 is 2.50 bits per heavy atom. The molecule has 0 aliphatic rings. The highest BCUT2D eigenvalue weighted by Gasteiger charge is 2.16. The Labute approximate surface area is 108 Å². The molecule has 0 heterocycles. The van der Waals surface area contributed by atoms with Gasteiger partial charge in [-0.2, -0.15) is 0 Å². The van der Waals surface area contributed by atoms with Gasteiger partial charge in [0, 0.05) is 10.7 Å². The third kappa shape index (κ3) is 2.28. The first kappa shape index (κ1) is 12.4. The van der Waals surface area contributed by atoms with E-state index in [9.17, 15) is 9.18 Å². The fourth-order valence-corrected chi connectivity index (χ4v) is 1.88. The number of anilines is 1. The first-order valence-electron chi connectivity index (χ1n) is 5.07. The number of hydrogen-bond acceptors (Lipinski definition) is 2. The van der Waals surface area contributed by atoms with Gasteiger partial charge in [-0.1, -0.05) is 23.7 Å². The zero-order valence-electron chi connectivity index (χ0n) is 9.15. The summed E-state index contributed by atoms with van der Waals surface area (Å²) >= 11 is 5.84. The molecule has 0 aliphatic carbocycles. The maximum absolute atomic E-state index is 13.7. The van der Waals surface area contributed by atoms with Crippen molar-refractivity contribution < 1.29 is 14.3 Å². The van der Waals surface area contributed by atoms with E-state index in [0.717, 1.165) is 6.07 Å². The zero-order valence-corrected chi connectivity index (χ0v) is 9.91. The number of carboxylic acids is 1. The van der Waals surface area contributed by atoms with E-state index in [0.29, 0.717) is 16.1 Å². The molecule has 0 atom stereocenters. The highest BCUT2D eigenvalue weighted by molar-refractivity contribution is 6.30. The Hall–Kier alpha value is -2.07. The molecule has 0 saturated heterocycles. The molecule has 3 nitrogen and oxygen atoms in total. The van der Waals surface area contributed by atoms with Gasteiger partial charge in [0.05, 0.1) is 0 Å². The van der Waals surface area contributed by atoms with Crippen LogP contribution in [0.5, 0.6) is 0 Å². The third-order valence-corrected chi connectivity index (χ3v) is 2.73. The largest absolute Gasteiger partial charge is 0.478 e. The summed E-state index contributed by atoms with van der Waals surface area (Å²) in [6, 6.07) is 9.34. The van der Waals surface area contributed by atoms with Crippen LogP contribution < -0.4 is 5.73 Å². The van der Waals surface area contributed by atoms with Gasteiger partial charge in [0.15, 0.2) is 0 Å². The summed E-state index contributed by atoms with van der Waals surface area (Å²) in [6.07, 6.45) is 0. The Bertz CT molecular complexity index is 605. The fraction of sp³-hybridized carbons (Fsp3) is 0. The van der Waals surface area contributed by atoms with Crippen molar-refractivity contribution in [3.05, 3.63) is 52.8 Å². The van der Waals surface area contributed by atoms with Crippen molar-refractivity contribution in [2.24, 2.45) is 0 Å². The van der Waals surface area contributed by atoms with Crippen LogP contribution in [0.2, 0.25) is 5.02 Å². The first-order chi connectivity index (χ1) is 8.49. The monoisotopic (exact) mass is 265 g/mol. The third-order valence-electron chi connectivity index (χ3n) is 2.49. The van der Waals surface area contributed by atoms with Crippen molar-refractivity contribution in [3.63, 3.8) is 0 Å². The van der Waals surface area contributed by atoms with Crippen LogP contribution in [0, 0.1) is 5.82 Å². The predicted octanol–water partition coefficient (Wildman–Crippen LogP) is 3.43. The standard InChI is InChI=1S/C13H9ClFNO2/c14-9-3-1-2-7(4-9)8-5-10(15)12(13(17)18)11(16)6-8/h1-6H,16H2,(H,17,18). The van der Waals surface area contributed by atoms with Crippen molar-refractivity contribution in [3.8, 4) is 11.1 Å². The molecule has 0 saturated carbocycles. The minimum atomic E-state index is -1.39. The summed E-state index contributed by atoms with van der Waals surface area (Å²) in [5.74, 6) is -2.25. The second kappa shape index (κ2) is 4.66. The average Bonchev–Trinajstić information content (AvgIpc) is 2.27. The lowest BCUT2D eigenvalue weighted by Gasteiger charge is -2.07. The van der Waals surface area contributed by atoms with E-state index in [1.54, 1.807) is 24.3 Å². The summed E-state index contributed by atoms with van der Waals surface area (Å²) in [7, 11) is 0. The lowest BCUT2D eigenvalue weighted by atomic mass is 10.0. The second-order valence-electron chi connectivity index (χ2n) is 3.74. The van der Waals surface area contributed by atoms with Crippen molar-refractivity contribution in [1.82, 2.24) is 0 Å². The number of rotatable bonds is 2. The quantitative estimate of drug-likeness (QED) is 0.818. The SMILES string of the molecule is Nc1cc(-c2cccc(Cl)c2)cc(F)c1C(=O)O. The van der Waals surface area contributed by atoms with Crippen LogP contribution in [0.3, 0.4) is 0 Å². The number of carbonyl (C=O) groups is 1. The number of nitrogen functional groups attached to an aromatic ring is 1. The highest BCUT2D eigenvalue weighted by Crippen LogP contribution is 2.28. The van der Waals surface area contributed by atoms with Gasteiger partial charge in [-0.25, -0.2) is 9.18 Å². The molecule has 2 rings (SSSR count). The van der Waals surface area contributed by atoms with Gasteiger partial charge in [-0.3, -0.25) is 0 Å². The number of aromatic carboxylic acids is 1. The van der Waals surface area contributed by atoms with Crippen molar-refractivity contribution >= 4 is 23.3 Å². The van der Waals surface area contributed by atoms with E-state index in [1.807, 2.05) is 0 Å². The molecular weight excluding hydrogens is 257 g/mol. The molecule has 2 aromatic rings. The van der Waals surface area contributed by atoms with Crippen LogP contribution in [0.15, 0.2) is 36.4 Å². The van der Waals surface area contributed by atoms with Gasteiger partial charge in [0.2, 0.25) is 0 Å². The molecule has 0 fully saturated rings. The lowest BCUT2D eigenvalue weighted by molar-refractivity contribution is 0.0693. The Morgan fingerprint density at radius 2 is 1.94 bits per heavy atom. The van der Waals surface area contributed by atoms with Gasteiger partial charge in [-0.15, -0.1) is 0 Å². The first-order valence-corrected chi connectivity index (χ1v) is 5.45. The van der Waals surface area contributed by atoms with Gasteiger partial charge < -0.3 is 10.8 Å². The van der Waals surface area contributed by atoms with Gasteiger partial charge in [0.25, 0.3) is 0 Å². The van der Waals surface area contributed by atoms with E-state index in [-0.39, 0.29) is 5.69 Å². The topological polar surface area (TPSA) is 63.3 Å². The number of halogens is 2. The van der Waals surface area contributed by atoms with Gasteiger partial charge in [-0.05, 0) is 35.4 Å². The van der Waals surface area contributed by atoms with E-state index >= 15 is 0 Å². The van der Waals surface area contributed by atoms with Crippen LogP contribution in [-0.4, -0.2) is 11.1 Å². The average molecular weight is 266 g/mol. The molecule has 2 aromatic carbocycles. The van der Waals surface area contributed by atoms with Crippen molar-refractivity contribution in [2.45, 2.75) is 0 Å². The van der Waals surface area contributed by atoms with Gasteiger partial charge in [0.1, 0.15) is 11.4 Å². The molecule has 0 spiro atoms. The maximum atomic E-state index is 13.7. The minimum absolute atomic E-state index is 0.113. The summed E-state index contributed by atoms with van der Waals surface area (Å²) in [5.41, 5.74) is 6.07. The van der Waals surface area contributed by atoms with Gasteiger partial charge >= 0.3 is 5.97 Å². The maximum Gasteiger partial charge on any atom is 0.340 e. The summed E-state index contributed by atoms with van der Waals surface area (Å²) in [4.78, 5) is 10.8. The minimum Gasteiger partial charge on any atom is -0.478 e. The van der Waals surface area contributed by atoms with Crippen molar-refractivity contribution in [2.75, 3.05) is 5.73 Å². The van der Waals surface area contributed by atoms with E-state index in [2.05, 4.69) is 0 Å². The number of benzene rings is 2. The Kier molecular flexibility index (Phi) is 3.21. The molecule has 0 aliphatic heterocycles. The Morgan fingerprint density at radius 1 is 1.22 bits per heavy atom. The predicted molar refractivity (Wildman–Crippen MR) is 68.2 cm³/mol. The van der Waals surface area contributed by atoms with Crippen LogP contribution >= 0.6 is 11.6 Å². The molecule has 0 bridgehead atoms. The summed E-state index contributed by atoms with van der Waals surface area (Å²) in [5, 5.41) is 9.32. The smallest absolute Gasteiger partial charge is 0.340 e. The van der Waals surface area contributed by atoms with Crippen LogP contribution in [0.4, 0.5) is 10.1 Å². The molecule has 3 N–H and O–H groups in total. The van der Waals surface area contributed by atoms with Crippen LogP contribution in [-0.2, 0) is 0 Å². The van der Waals surface area contributed by atoms with E-state index in [1.165, 1.54) is 6.07 Å². The van der Waals surface area contributed by atoms with Crippen LogP contribution in [0.25, 0.3) is 11.1 Å². The van der Waals surface area contributed by atoms with Crippen molar-refractivity contribution in [1.29, 1.82) is 0 Å². The molecule has 0 radical (unpaired) electrons. The molecule has 92 valence electrons. The molecule has 0 aromatic heterocycles. The molecular formula is C13H9ClFNO2. The highest BCUT2D eigenvalue weighted by atomic mass is 35.5. The zero-order chi connectivity index (χ0) is 13.3. The summed E-state index contributed by atoms with van der Waals surface area (Å²) in [6.45, 7) is 0. The van der Waals surface area contributed by atoms with Crippen LogP contribution in [0.1, 0.15) is 10.4 Å².